The van der Waals surface area contributed by atoms with E-state index < -0.39 is 0 Å². The second-order valence-electron chi connectivity index (χ2n) is 9.75. The van der Waals surface area contributed by atoms with Crippen molar-refractivity contribution in [2.75, 3.05) is 6.54 Å². The highest BCUT2D eigenvalue weighted by atomic mass is 16.5. The Balaban J connectivity index is 1.38. The van der Waals surface area contributed by atoms with Gasteiger partial charge in [-0.2, -0.15) is 0 Å². The molecule has 1 amide bonds. The van der Waals surface area contributed by atoms with E-state index in [4.69, 9.17) is 4.74 Å². The first-order chi connectivity index (χ1) is 14.9. The van der Waals surface area contributed by atoms with Gasteiger partial charge in [-0.1, -0.05) is 48.5 Å². The van der Waals surface area contributed by atoms with E-state index in [0.717, 1.165) is 37.1 Å². The number of carbonyl (C=O) groups excluding carboxylic acids is 1. The quantitative estimate of drug-likeness (QED) is 0.612. The van der Waals surface area contributed by atoms with E-state index in [-0.39, 0.29) is 23.1 Å². The first-order valence-corrected chi connectivity index (χ1v) is 11.2. The second-order valence-corrected chi connectivity index (χ2v) is 9.75. The van der Waals surface area contributed by atoms with E-state index in [0.29, 0.717) is 5.56 Å². The number of nitrogens with one attached hydrogen (secondary N) is 2. The lowest BCUT2D eigenvalue weighted by Crippen LogP contribution is -2.35. The number of ether oxygens (including phenoxy) is 1. The van der Waals surface area contributed by atoms with Crippen LogP contribution in [-0.2, 0) is 5.54 Å². The van der Waals surface area contributed by atoms with Gasteiger partial charge in [0.25, 0.3) is 5.91 Å². The fourth-order valence-corrected chi connectivity index (χ4v) is 4.81. The van der Waals surface area contributed by atoms with E-state index in [9.17, 15) is 4.79 Å². The summed E-state index contributed by atoms with van der Waals surface area (Å²) in [5, 5.41) is 9.27. The molecular formula is C27H30N2O2. The third-order valence-electron chi connectivity index (χ3n) is 6.71. The summed E-state index contributed by atoms with van der Waals surface area (Å²) in [6.07, 6.45) is 3.00. The first kappa shape index (κ1) is 20.1. The smallest absolute Gasteiger partial charge is 0.252 e. The molecule has 1 saturated carbocycles. The molecule has 3 aromatic rings. The monoisotopic (exact) mass is 414 g/mol. The Hall–Kier alpha value is -2.85. The molecule has 1 heterocycles. The van der Waals surface area contributed by atoms with Gasteiger partial charge in [0.1, 0.15) is 11.9 Å². The maximum Gasteiger partial charge on any atom is 0.252 e. The highest BCUT2D eigenvalue weighted by molar-refractivity contribution is 5.97. The summed E-state index contributed by atoms with van der Waals surface area (Å²) in [5.41, 5.74) is 2.67. The fraction of sp³-hybridized carbons (Fsp3) is 0.370. The molecule has 3 aromatic carbocycles. The molecule has 0 bridgehead atoms. The van der Waals surface area contributed by atoms with Crippen LogP contribution in [0.4, 0.5) is 0 Å². The Morgan fingerprint density at radius 3 is 2.58 bits per heavy atom. The first-order valence-electron chi connectivity index (χ1n) is 11.2. The van der Waals surface area contributed by atoms with Crippen molar-refractivity contribution >= 4 is 16.7 Å². The van der Waals surface area contributed by atoms with Gasteiger partial charge in [0.05, 0.1) is 5.54 Å². The lowest BCUT2D eigenvalue weighted by atomic mass is 9.96. The normalized spacial score (nSPS) is 21.1. The van der Waals surface area contributed by atoms with Gasteiger partial charge < -0.3 is 15.4 Å². The molecule has 1 unspecified atom stereocenters. The van der Waals surface area contributed by atoms with Gasteiger partial charge in [0.2, 0.25) is 0 Å². The van der Waals surface area contributed by atoms with Crippen LogP contribution in [0.5, 0.6) is 5.75 Å². The van der Waals surface area contributed by atoms with Crippen molar-refractivity contribution in [2.24, 2.45) is 0 Å². The predicted molar refractivity (Wildman–Crippen MR) is 125 cm³/mol. The molecule has 160 valence electrons. The Labute approximate surface area is 184 Å². The number of rotatable bonds is 5. The van der Waals surface area contributed by atoms with Gasteiger partial charge >= 0.3 is 0 Å². The Morgan fingerprint density at radius 1 is 1.06 bits per heavy atom. The highest BCUT2D eigenvalue weighted by Gasteiger charge is 2.46. The summed E-state index contributed by atoms with van der Waals surface area (Å²) in [6, 6.07) is 20.6. The van der Waals surface area contributed by atoms with Gasteiger partial charge in [-0.25, -0.2) is 0 Å². The summed E-state index contributed by atoms with van der Waals surface area (Å²) in [4.78, 5) is 13.3. The van der Waals surface area contributed by atoms with Gasteiger partial charge in [0.15, 0.2) is 0 Å². The predicted octanol–water partition coefficient (Wildman–Crippen LogP) is 5.09. The van der Waals surface area contributed by atoms with E-state index in [1.807, 2.05) is 25.1 Å². The number of aryl methyl sites for hydroxylation is 1. The average Bonchev–Trinajstić information content (AvgIpc) is 3.44. The number of fused-ring (bicyclic) bond motifs is 1. The number of benzene rings is 3. The minimum atomic E-state index is -0.277. The number of hydrogen-bond donors (Lipinski definition) is 2. The third-order valence-corrected chi connectivity index (χ3v) is 6.71. The van der Waals surface area contributed by atoms with E-state index >= 15 is 0 Å². The third kappa shape index (κ3) is 3.92. The van der Waals surface area contributed by atoms with Crippen molar-refractivity contribution in [1.82, 2.24) is 10.6 Å². The Morgan fingerprint density at radius 2 is 1.84 bits per heavy atom. The molecule has 0 radical (unpaired) electrons. The zero-order chi connectivity index (χ0) is 21.6. The molecule has 4 heteroatoms. The van der Waals surface area contributed by atoms with Crippen molar-refractivity contribution < 1.29 is 9.53 Å². The zero-order valence-electron chi connectivity index (χ0n) is 18.5. The van der Waals surface area contributed by atoms with E-state index in [2.05, 4.69) is 66.9 Å². The lowest BCUT2D eigenvalue weighted by Gasteiger charge is -2.21. The summed E-state index contributed by atoms with van der Waals surface area (Å²) < 4.78 is 6.20. The largest absolute Gasteiger partial charge is 0.489 e. The maximum absolute atomic E-state index is 13.3. The van der Waals surface area contributed by atoms with Gasteiger partial charge in [-0.05, 0) is 67.6 Å². The van der Waals surface area contributed by atoms with Crippen LogP contribution in [0.1, 0.15) is 54.6 Å². The summed E-state index contributed by atoms with van der Waals surface area (Å²) in [7, 11) is 0. The molecule has 2 N–H and O–H groups in total. The van der Waals surface area contributed by atoms with Gasteiger partial charge in [-0.15, -0.1) is 0 Å². The molecule has 4 nitrogen and oxygen atoms in total. The number of amides is 1. The Bertz CT molecular complexity index is 1140. The van der Waals surface area contributed by atoms with Gasteiger partial charge in [0, 0.05) is 24.1 Å². The molecule has 31 heavy (non-hydrogen) atoms. The second kappa shape index (κ2) is 7.38. The molecule has 0 aromatic heterocycles. The summed E-state index contributed by atoms with van der Waals surface area (Å²) >= 11 is 0. The molecular weight excluding hydrogens is 384 g/mol. The zero-order valence-corrected chi connectivity index (χ0v) is 18.5. The van der Waals surface area contributed by atoms with Crippen molar-refractivity contribution in [3.63, 3.8) is 0 Å². The lowest BCUT2D eigenvalue weighted by molar-refractivity contribution is 0.0929. The van der Waals surface area contributed by atoms with Crippen LogP contribution in [0, 0.1) is 6.92 Å². The van der Waals surface area contributed by atoms with Crippen LogP contribution in [0.2, 0.25) is 0 Å². The number of carbonyl (C=O) groups is 1. The fourth-order valence-electron chi connectivity index (χ4n) is 4.81. The van der Waals surface area contributed by atoms with E-state index in [1.54, 1.807) is 0 Å². The molecule has 1 aliphatic heterocycles. The van der Waals surface area contributed by atoms with Crippen LogP contribution in [0.3, 0.4) is 0 Å². The molecule has 0 spiro atoms. The van der Waals surface area contributed by atoms with Gasteiger partial charge in [-0.3, -0.25) is 4.79 Å². The van der Waals surface area contributed by atoms with Crippen LogP contribution in [0.15, 0.2) is 60.7 Å². The molecule has 2 aliphatic rings. The summed E-state index contributed by atoms with van der Waals surface area (Å²) in [5.74, 6) is 0.730. The Kier molecular flexibility index (Phi) is 4.78. The molecule has 5 rings (SSSR count). The van der Waals surface area contributed by atoms with Crippen LogP contribution in [-0.4, -0.2) is 24.1 Å². The minimum absolute atomic E-state index is 0.0294. The SMILES string of the molecule is Cc1ccc(OC2CNC(C)(C)C2)cc1C(=O)NC1(c2cccc3ccccc23)CC1. The van der Waals surface area contributed by atoms with E-state index in [1.165, 1.54) is 16.3 Å². The summed E-state index contributed by atoms with van der Waals surface area (Å²) in [6.45, 7) is 7.18. The van der Waals surface area contributed by atoms with Crippen LogP contribution < -0.4 is 15.4 Å². The van der Waals surface area contributed by atoms with Crippen LogP contribution in [0.25, 0.3) is 10.8 Å². The standard InChI is InChI=1S/C27H30N2O2/c1-18-11-12-20(31-21-16-26(2,3)28-17-21)15-23(18)25(30)29-27(13-14-27)24-10-6-8-19-7-4-5-9-22(19)24/h4-12,15,21,28H,13-14,16-17H2,1-3H3,(H,29,30). The van der Waals surface area contributed by atoms with Crippen molar-refractivity contribution in [2.45, 2.75) is 57.2 Å². The topological polar surface area (TPSA) is 50.4 Å². The van der Waals surface area contributed by atoms with Crippen molar-refractivity contribution in [1.29, 1.82) is 0 Å². The maximum atomic E-state index is 13.3. The number of hydrogen-bond acceptors (Lipinski definition) is 3. The minimum Gasteiger partial charge on any atom is -0.489 e. The average molecular weight is 415 g/mol. The molecule has 1 saturated heterocycles. The molecule has 2 fully saturated rings. The van der Waals surface area contributed by atoms with Crippen molar-refractivity contribution in [3.05, 3.63) is 77.4 Å². The highest BCUT2D eigenvalue weighted by Crippen LogP contribution is 2.48. The van der Waals surface area contributed by atoms with Crippen LogP contribution >= 0.6 is 0 Å². The molecule has 1 aliphatic carbocycles. The van der Waals surface area contributed by atoms with Crippen molar-refractivity contribution in [3.8, 4) is 5.75 Å². The molecule has 1 atom stereocenters.